The fourth-order valence-electron chi connectivity index (χ4n) is 1.94. The molecule has 0 aliphatic carbocycles. The Balaban J connectivity index is 1.68. The molecule has 0 aliphatic rings. The molecule has 0 saturated carbocycles. The zero-order valence-electron chi connectivity index (χ0n) is 11.9. The molecular formula is C16H12BrN5O. The number of halogens is 1. The second kappa shape index (κ2) is 6.97. The van der Waals surface area contributed by atoms with Gasteiger partial charge in [0.25, 0.3) is 0 Å². The summed E-state index contributed by atoms with van der Waals surface area (Å²) in [5, 5.41) is 13.8. The molecule has 1 N–H and O–H groups in total. The van der Waals surface area contributed by atoms with Gasteiger partial charge in [-0.3, -0.25) is 4.79 Å². The topological polar surface area (TPSA) is 72.7 Å². The van der Waals surface area contributed by atoms with Crippen molar-refractivity contribution in [2.75, 3.05) is 5.32 Å². The number of rotatable bonds is 4. The molecule has 2 aromatic carbocycles. The Labute approximate surface area is 141 Å². The number of hydrogen-bond acceptors (Lipinski definition) is 4. The average Bonchev–Trinajstić information content (AvgIpc) is 3.09. The lowest BCUT2D eigenvalue weighted by molar-refractivity contribution is -0.111. The smallest absolute Gasteiger partial charge is 0.248 e. The van der Waals surface area contributed by atoms with E-state index < -0.39 is 0 Å². The lowest BCUT2D eigenvalue weighted by atomic mass is 10.2. The molecule has 6 nitrogen and oxygen atoms in total. The minimum Gasteiger partial charge on any atom is -0.322 e. The fraction of sp³-hybridized carbons (Fsp3) is 0. The summed E-state index contributed by atoms with van der Waals surface area (Å²) < 4.78 is 2.52. The van der Waals surface area contributed by atoms with Crippen LogP contribution in [0.2, 0.25) is 0 Å². The van der Waals surface area contributed by atoms with Crippen LogP contribution in [0.5, 0.6) is 0 Å². The molecule has 0 radical (unpaired) electrons. The highest BCUT2D eigenvalue weighted by Gasteiger charge is 2.02. The second-order valence-electron chi connectivity index (χ2n) is 4.68. The van der Waals surface area contributed by atoms with E-state index in [4.69, 9.17) is 0 Å². The van der Waals surface area contributed by atoms with Crippen molar-refractivity contribution in [2.45, 2.75) is 0 Å². The van der Waals surface area contributed by atoms with Crippen LogP contribution >= 0.6 is 15.9 Å². The van der Waals surface area contributed by atoms with Gasteiger partial charge in [0.2, 0.25) is 5.91 Å². The summed E-state index contributed by atoms with van der Waals surface area (Å²) >= 11 is 3.37. The first kappa shape index (κ1) is 15.1. The molecule has 3 rings (SSSR count). The highest BCUT2D eigenvalue weighted by atomic mass is 79.9. The van der Waals surface area contributed by atoms with Crippen molar-refractivity contribution >= 4 is 33.6 Å². The first-order valence-corrected chi connectivity index (χ1v) is 7.58. The van der Waals surface area contributed by atoms with Crippen molar-refractivity contribution in [2.24, 2.45) is 0 Å². The first-order valence-electron chi connectivity index (χ1n) is 6.79. The number of carbonyl (C=O) groups excluding carboxylic acids is 1. The van der Waals surface area contributed by atoms with E-state index in [1.807, 2.05) is 36.4 Å². The third-order valence-electron chi connectivity index (χ3n) is 3.02. The summed E-state index contributed by atoms with van der Waals surface area (Å²) in [5.41, 5.74) is 2.39. The number of benzene rings is 2. The number of aromatic nitrogens is 4. The van der Waals surface area contributed by atoms with Crippen LogP contribution < -0.4 is 5.32 Å². The van der Waals surface area contributed by atoms with Crippen LogP contribution in [0.1, 0.15) is 5.56 Å². The molecule has 0 spiro atoms. The lowest BCUT2D eigenvalue weighted by Gasteiger charge is -2.05. The molecule has 0 unspecified atom stereocenters. The van der Waals surface area contributed by atoms with Gasteiger partial charge >= 0.3 is 0 Å². The Kier molecular flexibility index (Phi) is 4.58. The summed E-state index contributed by atoms with van der Waals surface area (Å²) in [7, 11) is 0. The predicted molar refractivity (Wildman–Crippen MR) is 91.0 cm³/mol. The van der Waals surface area contributed by atoms with Crippen molar-refractivity contribution in [1.29, 1.82) is 0 Å². The molecular weight excluding hydrogens is 358 g/mol. The van der Waals surface area contributed by atoms with Gasteiger partial charge in [0.05, 0.1) is 5.69 Å². The molecule has 1 amide bonds. The molecule has 1 heterocycles. The van der Waals surface area contributed by atoms with Gasteiger partial charge in [-0.2, -0.15) is 0 Å². The van der Waals surface area contributed by atoms with Crippen molar-refractivity contribution in [3.8, 4) is 5.69 Å². The van der Waals surface area contributed by atoms with Gasteiger partial charge in [-0.05, 0) is 52.4 Å². The first-order chi connectivity index (χ1) is 11.2. The normalized spacial score (nSPS) is 10.8. The molecule has 3 aromatic rings. The number of anilines is 1. The van der Waals surface area contributed by atoms with Crippen LogP contribution in [0, 0.1) is 0 Å². The number of carbonyl (C=O) groups is 1. The van der Waals surface area contributed by atoms with Crippen LogP contribution in [-0.2, 0) is 4.79 Å². The van der Waals surface area contributed by atoms with E-state index in [9.17, 15) is 4.79 Å². The van der Waals surface area contributed by atoms with Crippen molar-refractivity contribution in [3.05, 3.63) is 71.0 Å². The van der Waals surface area contributed by atoms with E-state index in [1.165, 1.54) is 17.1 Å². The summed E-state index contributed by atoms with van der Waals surface area (Å²) in [5.74, 6) is -0.207. The number of nitrogens with zero attached hydrogens (tertiary/aromatic N) is 4. The van der Waals surface area contributed by atoms with E-state index in [1.54, 1.807) is 18.2 Å². The van der Waals surface area contributed by atoms with Gasteiger partial charge in [-0.1, -0.05) is 34.1 Å². The average molecular weight is 370 g/mol. The Hall–Kier alpha value is -2.80. The minimum absolute atomic E-state index is 0.207. The van der Waals surface area contributed by atoms with Crippen LogP contribution in [0.3, 0.4) is 0 Å². The minimum atomic E-state index is -0.207. The van der Waals surface area contributed by atoms with Crippen LogP contribution in [0.4, 0.5) is 5.69 Å². The van der Waals surface area contributed by atoms with Gasteiger partial charge in [0, 0.05) is 16.2 Å². The highest BCUT2D eigenvalue weighted by molar-refractivity contribution is 9.10. The van der Waals surface area contributed by atoms with Gasteiger partial charge in [-0.25, -0.2) is 4.68 Å². The highest BCUT2D eigenvalue weighted by Crippen LogP contribution is 2.14. The van der Waals surface area contributed by atoms with Crippen molar-refractivity contribution < 1.29 is 4.79 Å². The van der Waals surface area contributed by atoms with E-state index in [0.29, 0.717) is 5.69 Å². The van der Waals surface area contributed by atoms with E-state index in [-0.39, 0.29) is 5.91 Å². The third-order valence-corrected chi connectivity index (χ3v) is 3.55. The fourth-order valence-corrected chi connectivity index (χ4v) is 2.20. The van der Waals surface area contributed by atoms with Crippen molar-refractivity contribution in [3.63, 3.8) is 0 Å². The van der Waals surface area contributed by atoms with Crippen LogP contribution in [0.25, 0.3) is 11.8 Å². The SMILES string of the molecule is O=C(/C=C\c1ccc(Br)cc1)Nc1cccc(-n2cnnn2)c1. The Bertz CT molecular complexity index is 828. The van der Waals surface area contributed by atoms with Gasteiger partial charge in [0.15, 0.2) is 0 Å². The van der Waals surface area contributed by atoms with Gasteiger partial charge < -0.3 is 5.32 Å². The Morgan fingerprint density at radius 1 is 1.17 bits per heavy atom. The maximum atomic E-state index is 12.0. The molecule has 0 atom stereocenters. The number of amides is 1. The molecule has 0 fully saturated rings. The third kappa shape index (κ3) is 4.10. The summed E-state index contributed by atoms with van der Waals surface area (Å²) in [6, 6.07) is 15.0. The van der Waals surface area contributed by atoms with E-state index in [0.717, 1.165) is 15.7 Å². The summed E-state index contributed by atoms with van der Waals surface area (Å²) in [6.07, 6.45) is 4.74. The zero-order chi connectivity index (χ0) is 16.1. The quantitative estimate of drug-likeness (QED) is 0.717. The monoisotopic (exact) mass is 369 g/mol. The Morgan fingerprint density at radius 2 is 2.00 bits per heavy atom. The lowest BCUT2D eigenvalue weighted by Crippen LogP contribution is -2.08. The van der Waals surface area contributed by atoms with E-state index >= 15 is 0 Å². The number of nitrogens with one attached hydrogen (secondary N) is 1. The standard InChI is InChI=1S/C16H12BrN5O/c17-13-7-4-12(5-8-13)6-9-16(23)19-14-2-1-3-15(10-14)22-11-18-20-21-22/h1-11H,(H,19,23)/b9-6-. The number of hydrogen-bond donors (Lipinski definition) is 1. The van der Waals surface area contributed by atoms with E-state index in [2.05, 4.69) is 36.8 Å². The molecule has 114 valence electrons. The van der Waals surface area contributed by atoms with Gasteiger partial charge in [-0.15, -0.1) is 5.10 Å². The molecule has 23 heavy (non-hydrogen) atoms. The maximum absolute atomic E-state index is 12.0. The van der Waals surface area contributed by atoms with Gasteiger partial charge in [0.1, 0.15) is 6.33 Å². The van der Waals surface area contributed by atoms with Crippen LogP contribution in [0.15, 0.2) is 65.4 Å². The Morgan fingerprint density at radius 3 is 2.74 bits per heavy atom. The molecule has 7 heteroatoms. The molecule has 0 aliphatic heterocycles. The molecule has 0 bridgehead atoms. The number of tetrazole rings is 1. The molecule has 0 saturated heterocycles. The summed E-state index contributed by atoms with van der Waals surface area (Å²) in [6.45, 7) is 0. The zero-order valence-corrected chi connectivity index (χ0v) is 13.5. The summed E-state index contributed by atoms with van der Waals surface area (Å²) in [4.78, 5) is 12.0. The second-order valence-corrected chi connectivity index (χ2v) is 5.59. The predicted octanol–water partition coefficient (Wildman–Crippen LogP) is 3.08. The maximum Gasteiger partial charge on any atom is 0.248 e. The van der Waals surface area contributed by atoms with Crippen LogP contribution in [-0.4, -0.2) is 26.1 Å². The largest absolute Gasteiger partial charge is 0.322 e. The molecule has 1 aromatic heterocycles. The van der Waals surface area contributed by atoms with Crippen molar-refractivity contribution in [1.82, 2.24) is 20.2 Å².